The van der Waals surface area contributed by atoms with Gasteiger partial charge >= 0.3 is 6.09 Å². The number of rotatable bonds is 4. The Balaban J connectivity index is 1.65. The van der Waals surface area contributed by atoms with Crippen LogP contribution in [0.25, 0.3) is 5.69 Å². The zero-order chi connectivity index (χ0) is 26.0. The number of piperidine rings is 1. The molecule has 190 valence electrons. The van der Waals surface area contributed by atoms with Gasteiger partial charge in [0, 0.05) is 29.7 Å². The summed E-state index contributed by atoms with van der Waals surface area (Å²) in [7, 11) is 0. The van der Waals surface area contributed by atoms with Crippen molar-refractivity contribution >= 4 is 29.3 Å². The van der Waals surface area contributed by atoms with Gasteiger partial charge in [0.1, 0.15) is 5.60 Å². The number of hydrogen-bond acceptors (Lipinski definition) is 4. The van der Waals surface area contributed by atoms with Crippen LogP contribution < -0.4 is 5.32 Å². The van der Waals surface area contributed by atoms with Crippen LogP contribution in [-0.4, -0.2) is 45.4 Å². The average Bonchev–Trinajstić information content (AvgIpc) is 3.23. The molecule has 0 radical (unpaired) electrons. The van der Waals surface area contributed by atoms with Crippen molar-refractivity contribution in [1.82, 2.24) is 14.7 Å². The van der Waals surface area contributed by atoms with Crippen LogP contribution in [0.2, 0.25) is 5.02 Å². The molecule has 8 heteroatoms. The van der Waals surface area contributed by atoms with Crippen molar-refractivity contribution in [3.8, 4) is 5.69 Å². The second-order valence-electron chi connectivity index (χ2n) is 10.4. The SMILES string of the molecule is Cc1ccc(-n2ncc(C(=O)Nc3cccc(Cl)c3)c2C2CCN(C(=O)OC(C)(C)C)CC2)c(C)c1. The Hall–Kier alpha value is -3.32. The van der Waals surface area contributed by atoms with Gasteiger partial charge in [0.25, 0.3) is 5.91 Å². The summed E-state index contributed by atoms with van der Waals surface area (Å²) >= 11 is 6.11. The van der Waals surface area contributed by atoms with Crippen molar-refractivity contribution in [1.29, 1.82) is 0 Å². The molecule has 2 heterocycles. The van der Waals surface area contributed by atoms with Crippen molar-refractivity contribution in [2.75, 3.05) is 18.4 Å². The van der Waals surface area contributed by atoms with E-state index in [0.29, 0.717) is 42.2 Å². The smallest absolute Gasteiger partial charge is 0.410 e. The van der Waals surface area contributed by atoms with E-state index < -0.39 is 5.60 Å². The van der Waals surface area contributed by atoms with Gasteiger partial charge in [-0.05, 0) is 77.3 Å². The number of halogens is 1. The van der Waals surface area contributed by atoms with Crippen LogP contribution in [0.3, 0.4) is 0 Å². The van der Waals surface area contributed by atoms with E-state index in [4.69, 9.17) is 16.3 Å². The number of hydrogen-bond donors (Lipinski definition) is 1. The van der Waals surface area contributed by atoms with Crippen molar-refractivity contribution in [3.05, 3.63) is 76.1 Å². The first-order valence-corrected chi connectivity index (χ1v) is 12.6. The molecule has 1 saturated heterocycles. The number of likely N-dealkylation sites (tertiary alicyclic amines) is 1. The van der Waals surface area contributed by atoms with Crippen LogP contribution in [0.5, 0.6) is 0 Å². The van der Waals surface area contributed by atoms with Crippen LogP contribution in [0, 0.1) is 13.8 Å². The topological polar surface area (TPSA) is 76.5 Å². The maximum atomic E-state index is 13.4. The number of aryl methyl sites for hydroxylation is 2. The zero-order valence-electron chi connectivity index (χ0n) is 21.5. The molecule has 1 aliphatic rings. The summed E-state index contributed by atoms with van der Waals surface area (Å²) < 4.78 is 7.44. The minimum absolute atomic E-state index is 0.0481. The second-order valence-corrected chi connectivity index (χ2v) is 10.8. The van der Waals surface area contributed by atoms with Crippen LogP contribution in [0.1, 0.15) is 66.7 Å². The molecule has 0 unspecified atom stereocenters. The number of nitrogens with zero attached hydrogens (tertiary/aromatic N) is 3. The molecule has 1 N–H and O–H groups in total. The largest absolute Gasteiger partial charge is 0.444 e. The Morgan fingerprint density at radius 2 is 1.81 bits per heavy atom. The van der Waals surface area contributed by atoms with Crippen LogP contribution in [-0.2, 0) is 4.74 Å². The number of amides is 2. The van der Waals surface area contributed by atoms with E-state index in [1.807, 2.05) is 44.5 Å². The second kappa shape index (κ2) is 10.3. The first-order chi connectivity index (χ1) is 17.0. The maximum Gasteiger partial charge on any atom is 0.410 e. The van der Waals surface area contributed by atoms with Crippen LogP contribution >= 0.6 is 11.6 Å². The van der Waals surface area contributed by atoms with Gasteiger partial charge in [0.2, 0.25) is 0 Å². The highest BCUT2D eigenvalue weighted by molar-refractivity contribution is 6.31. The van der Waals surface area contributed by atoms with Gasteiger partial charge in [0.05, 0.1) is 23.1 Å². The monoisotopic (exact) mass is 508 g/mol. The quantitative estimate of drug-likeness (QED) is 0.436. The third kappa shape index (κ3) is 5.90. The van der Waals surface area contributed by atoms with Gasteiger partial charge in [-0.3, -0.25) is 4.79 Å². The summed E-state index contributed by atoms with van der Waals surface area (Å²) in [6, 6.07) is 13.3. The van der Waals surface area contributed by atoms with Gasteiger partial charge in [0.15, 0.2) is 0 Å². The predicted octanol–water partition coefficient (Wildman–Crippen LogP) is 6.51. The Kier molecular flexibility index (Phi) is 7.41. The molecule has 0 saturated carbocycles. The van der Waals surface area contributed by atoms with Crippen LogP contribution in [0.4, 0.5) is 10.5 Å². The molecule has 1 fully saturated rings. The van der Waals surface area contributed by atoms with E-state index in [1.54, 1.807) is 35.4 Å². The molecule has 1 aromatic heterocycles. The minimum Gasteiger partial charge on any atom is -0.444 e. The van der Waals surface area contributed by atoms with Gasteiger partial charge in [-0.25, -0.2) is 9.48 Å². The van der Waals surface area contributed by atoms with Crippen molar-refractivity contribution < 1.29 is 14.3 Å². The molecule has 7 nitrogen and oxygen atoms in total. The fourth-order valence-electron chi connectivity index (χ4n) is 4.59. The lowest BCUT2D eigenvalue weighted by molar-refractivity contribution is 0.0203. The third-order valence-electron chi connectivity index (χ3n) is 6.25. The summed E-state index contributed by atoms with van der Waals surface area (Å²) in [5.41, 5.74) is 4.63. The molecular weight excluding hydrogens is 476 g/mol. The first kappa shape index (κ1) is 25.8. The first-order valence-electron chi connectivity index (χ1n) is 12.2. The summed E-state index contributed by atoms with van der Waals surface area (Å²) in [4.78, 5) is 27.7. The number of carbonyl (C=O) groups is 2. The van der Waals surface area contributed by atoms with E-state index in [-0.39, 0.29) is 17.9 Å². The molecule has 3 aromatic rings. The van der Waals surface area contributed by atoms with Crippen molar-refractivity contribution in [2.45, 2.75) is 59.0 Å². The Morgan fingerprint density at radius 1 is 1.08 bits per heavy atom. The lowest BCUT2D eigenvalue weighted by Crippen LogP contribution is -2.41. The number of aromatic nitrogens is 2. The molecule has 1 aliphatic heterocycles. The van der Waals surface area contributed by atoms with Gasteiger partial charge in [-0.15, -0.1) is 0 Å². The lowest BCUT2D eigenvalue weighted by atomic mass is 9.90. The number of carbonyl (C=O) groups excluding carboxylic acids is 2. The molecule has 0 spiro atoms. The number of nitrogens with one attached hydrogen (secondary N) is 1. The molecule has 36 heavy (non-hydrogen) atoms. The molecule has 2 amide bonds. The summed E-state index contributed by atoms with van der Waals surface area (Å²) in [6.45, 7) is 10.8. The summed E-state index contributed by atoms with van der Waals surface area (Å²) in [5.74, 6) is -0.190. The normalized spacial score (nSPS) is 14.6. The number of ether oxygens (including phenoxy) is 1. The molecule has 4 rings (SSSR count). The fraction of sp³-hybridized carbons (Fsp3) is 0.393. The van der Waals surface area contributed by atoms with E-state index >= 15 is 0 Å². The third-order valence-corrected chi connectivity index (χ3v) is 6.48. The Bertz CT molecular complexity index is 1270. The number of anilines is 1. The van der Waals surface area contributed by atoms with Gasteiger partial charge < -0.3 is 15.0 Å². The standard InChI is InChI=1S/C28H33ClN4O3/c1-18-9-10-24(19(2)15-18)33-25(20-11-13-32(14-12-20)27(35)36-28(3,4)5)23(17-30-33)26(34)31-22-8-6-7-21(29)16-22/h6-10,15-17,20H,11-14H2,1-5H3,(H,31,34). The minimum atomic E-state index is -0.541. The predicted molar refractivity (Wildman–Crippen MR) is 142 cm³/mol. The fourth-order valence-corrected chi connectivity index (χ4v) is 4.78. The van der Waals surface area contributed by atoms with Gasteiger partial charge in [-0.2, -0.15) is 5.10 Å². The average molecular weight is 509 g/mol. The zero-order valence-corrected chi connectivity index (χ0v) is 22.2. The van der Waals surface area contributed by atoms with E-state index in [2.05, 4.69) is 23.4 Å². The van der Waals surface area contributed by atoms with Crippen LogP contribution in [0.15, 0.2) is 48.7 Å². The molecular formula is C28H33ClN4O3. The van der Waals surface area contributed by atoms with Crippen molar-refractivity contribution in [2.24, 2.45) is 0 Å². The van der Waals surface area contributed by atoms with Crippen molar-refractivity contribution in [3.63, 3.8) is 0 Å². The van der Waals surface area contributed by atoms with Gasteiger partial charge in [-0.1, -0.05) is 35.4 Å². The highest BCUT2D eigenvalue weighted by atomic mass is 35.5. The highest BCUT2D eigenvalue weighted by Gasteiger charge is 2.32. The Morgan fingerprint density at radius 3 is 2.44 bits per heavy atom. The van der Waals surface area contributed by atoms with E-state index in [1.165, 1.54) is 0 Å². The summed E-state index contributed by atoms with van der Waals surface area (Å²) in [5, 5.41) is 8.17. The van der Waals surface area contributed by atoms with E-state index in [9.17, 15) is 9.59 Å². The number of benzene rings is 2. The van der Waals surface area contributed by atoms with E-state index in [0.717, 1.165) is 22.5 Å². The molecule has 0 bridgehead atoms. The highest BCUT2D eigenvalue weighted by Crippen LogP contribution is 2.34. The summed E-state index contributed by atoms with van der Waals surface area (Å²) in [6.07, 6.45) is 2.73. The lowest BCUT2D eigenvalue weighted by Gasteiger charge is -2.34. The maximum absolute atomic E-state index is 13.4. The Labute approximate surface area is 217 Å². The molecule has 2 aromatic carbocycles. The molecule has 0 atom stereocenters. The molecule has 0 aliphatic carbocycles.